The molecule has 136 valence electrons. The smallest absolute Gasteiger partial charge is 0.226 e. The molecule has 1 saturated heterocycles. The highest BCUT2D eigenvalue weighted by molar-refractivity contribution is 5.58. The first-order valence-corrected chi connectivity index (χ1v) is 8.27. The average Bonchev–Trinajstić information content (AvgIpc) is 3.06. The quantitative estimate of drug-likeness (QED) is 0.754. The lowest BCUT2D eigenvalue weighted by Gasteiger charge is -2.30. The monoisotopic (exact) mass is 347 g/mol. The molecule has 1 aliphatic rings. The van der Waals surface area contributed by atoms with E-state index in [4.69, 9.17) is 23.4 Å². The molecule has 0 unspecified atom stereocenters. The maximum Gasteiger partial charge on any atom is 0.226 e. The number of oxazole rings is 1. The summed E-state index contributed by atoms with van der Waals surface area (Å²) in [5.74, 6) is 1.92. The summed E-state index contributed by atoms with van der Waals surface area (Å²) >= 11 is 0. The number of methoxy groups -OCH3 is 1. The van der Waals surface area contributed by atoms with Crippen LogP contribution in [0.25, 0.3) is 11.5 Å². The zero-order chi connectivity index (χ0) is 18.2. The van der Waals surface area contributed by atoms with Gasteiger partial charge in [-0.25, -0.2) is 4.98 Å². The van der Waals surface area contributed by atoms with Gasteiger partial charge in [-0.15, -0.1) is 0 Å². The molecule has 3 rings (SSSR count). The Labute approximate surface area is 148 Å². The highest BCUT2D eigenvalue weighted by Crippen LogP contribution is 2.47. The largest absolute Gasteiger partial charge is 0.467 e. The maximum absolute atomic E-state index is 6.14. The fourth-order valence-corrected chi connectivity index (χ4v) is 2.57. The molecule has 1 aromatic carbocycles. The molecule has 0 amide bonds. The number of benzene rings is 1. The molecule has 2 aromatic rings. The van der Waals surface area contributed by atoms with Crippen molar-refractivity contribution in [2.75, 3.05) is 13.9 Å². The molecule has 1 aliphatic heterocycles. The molecule has 0 aliphatic carbocycles. The molecule has 1 fully saturated rings. The maximum atomic E-state index is 6.14. The lowest BCUT2D eigenvalue weighted by molar-refractivity contribution is -0.0916. The summed E-state index contributed by atoms with van der Waals surface area (Å²) in [6.07, 6.45) is 1.17. The molecule has 6 nitrogen and oxygen atoms in total. The molecular weight excluding hydrogens is 322 g/mol. The Bertz CT molecular complexity index is 734. The number of aromatic nitrogens is 1. The van der Waals surface area contributed by atoms with Crippen molar-refractivity contribution in [3.05, 3.63) is 35.7 Å². The van der Waals surface area contributed by atoms with Gasteiger partial charge in [0.15, 0.2) is 13.1 Å². The van der Waals surface area contributed by atoms with Gasteiger partial charge in [0.05, 0.1) is 17.4 Å². The van der Waals surface area contributed by atoms with Gasteiger partial charge in [-0.05, 0) is 52.8 Å². The summed E-state index contributed by atoms with van der Waals surface area (Å²) in [5, 5.41) is 0. The Balaban J connectivity index is 1.96. The van der Waals surface area contributed by atoms with E-state index < -0.39 is 17.5 Å². The van der Waals surface area contributed by atoms with E-state index >= 15 is 0 Å². The van der Waals surface area contributed by atoms with E-state index in [-0.39, 0.29) is 6.79 Å². The van der Waals surface area contributed by atoms with Crippen LogP contribution in [-0.4, -0.2) is 30.1 Å². The zero-order valence-corrected chi connectivity index (χ0v) is 15.6. The van der Waals surface area contributed by atoms with Crippen LogP contribution < -0.4 is 4.74 Å². The van der Waals surface area contributed by atoms with Crippen LogP contribution in [0.3, 0.4) is 0 Å². The summed E-state index contributed by atoms with van der Waals surface area (Å²) in [5.41, 5.74) is 0.783. The van der Waals surface area contributed by atoms with Crippen molar-refractivity contribution in [3.63, 3.8) is 0 Å². The van der Waals surface area contributed by atoms with Gasteiger partial charge in [-0.2, -0.15) is 0 Å². The van der Waals surface area contributed by atoms with Crippen LogP contribution >= 0.6 is 0 Å². The highest BCUT2D eigenvalue weighted by atomic mass is 16.7. The summed E-state index contributed by atoms with van der Waals surface area (Å²) in [6.45, 7) is 10.1. The molecule has 0 radical (unpaired) electrons. The lowest BCUT2D eigenvalue weighted by Crippen LogP contribution is -2.41. The van der Waals surface area contributed by atoms with E-state index in [1.54, 1.807) is 13.3 Å². The Morgan fingerprint density at radius 2 is 1.80 bits per heavy atom. The van der Waals surface area contributed by atoms with Crippen molar-refractivity contribution in [3.8, 4) is 17.2 Å². The highest BCUT2D eigenvalue weighted by Gasteiger charge is 2.50. The summed E-state index contributed by atoms with van der Waals surface area (Å²) in [7, 11) is 1.58. The normalized spacial score (nSPS) is 19.3. The zero-order valence-electron chi connectivity index (χ0n) is 15.6. The molecule has 0 spiro atoms. The van der Waals surface area contributed by atoms with Gasteiger partial charge in [0, 0.05) is 18.2 Å². The third-order valence-electron chi connectivity index (χ3n) is 4.72. The first-order chi connectivity index (χ1) is 11.7. The third-order valence-corrected chi connectivity index (χ3v) is 4.72. The molecule has 1 aromatic heterocycles. The topological polar surface area (TPSA) is 63.0 Å². The van der Waals surface area contributed by atoms with E-state index in [1.807, 2.05) is 52.8 Å². The van der Waals surface area contributed by atoms with Crippen LogP contribution in [0, 0.1) is 6.92 Å². The molecule has 0 atom stereocenters. The van der Waals surface area contributed by atoms with Crippen LogP contribution in [-0.2, 0) is 14.2 Å². The number of hydrogen-bond donors (Lipinski definition) is 0. The van der Waals surface area contributed by atoms with Crippen molar-refractivity contribution in [2.24, 2.45) is 0 Å². The standard InChI is InChI=1S/C19H25NO5/c1-12-10-20-16(23-12)13-7-8-14(15(9-13)22-11-21-6)17-24-18(2,3)19(4,5)25-17/h7-10,17H,11H2,1-6H3. The predicted octanol–water partition coefficient (Wildman–Crippen LogP) is 4.24. The van der Waals surface area contributed by atoms with E-state index in [0.29, 0.717) is 11.6 Å². The average molecular weight is 347 g/mol. The second kappa shape index (κ2) is 6.44. The molecule has 6 heteroatoms. The van der Waals surface area contributed by atoms with Crippen LogP contribution in [0.5, 0.6) is 5.75 Å². The van der Waals surface area contributed by atoms with E-state index in [1.165, 1.54) is 0 Å². The predicted molar refractivity (Wildman–Crippen MR) is 92.2 cm³/mol. The third kappa shape index (κ3) is 3.42. The first-order valence-electron chi connectivity index (χ1n) is 8.27. The van der Waals surface area contributed by atoms with E-state index in [9.17, 15) is 0 Å². The first kappa shape index (κ1) is 17.9. The van der Waals surface area contributed by atoms with Crippen LogP contribution in [0.15, 0.2) is 28.8 Å². The van der Waals surface area contributed by atoms with Crippen molar-refractivity contribution in [1.82, 2.24) is 4.98 Å². The number of nitrogens with zero attached hydrogens (tertiary/aromatic N) is 1. The minimum atomic E-state index is -0.516. The molecule has 0 bridgehead atoms. The Kier molecular flexibility index (Phi) is 4.62. The second-order valence-electron chi connectivity index (χ2n) is 7.17. The van der Waals surface area contributed by atoms with Crippen LogP contribution in [0.2, 0.25) is 0 Å². The van der Waals surface area contributed by atoms with E-state index in [2.05, 4.69) is 4.98 Å². The fraction of sp³-hybridized carbons (Fsp3) is 0.526. The van der Waals surface area contributed by atoms with Crippen molar-refractivity contribution < 1.29 is 23.4 Å². The summed E-state index contributed by atoms with van der Waals surface area (Å²) in [6, 6.07) is 5.71. The minimum Gasteiger partial charge on any atom is -0.467 e. The number of hydrogen-bond acceptors (Lipinski definition) is 6. The Morgan fingerprint density at radius 1 is 1.12 bits per heavy atom. The molecule has 0 N–H and O–H groups in total. The van der Waals surface area contributed by atoms with Crippen molar-refractivity contribution in [2.45, 2.75) is 52.1 Å². The fourth-order valence-electron chi connectivity index (χ4n) is 2.57. The van der Waals surface area contributed by atoms with Gasteiger partial charge in [-0.1, -0.05) is 0 Å². The molecule has 25 heavy (non-hydrogen) atoms. The number of aryl methyl sites for hydroxylation is 1. The van der Waals surface area contributed by atoms with Crippen LogP contribution in [0.4, 0.5) is 0 Å². The molecular formula is C19H25NO5. The van der Waals surface area contributed by atoms with E-state index in [0.717, 1.165) is 16.9 Å². The summed E-state index contributed by atoms with van der Waals surface area (Å²) in [4.78, 5) is 4.26. The molecule has 0 saturated carbocycles. The Morgan fingerprint density at radius 3 is 2.36 bits per heavy atom. The van der Waals surface area contributed by atoms with Crippen molar-refractivity contribution >= 4 is 0 Å². The van der Waals surface area contributed by atoms with Crippen molar-refractivity contribution in [1.29, 1.82) is 0 Å². The Hall–Kier alpha value is -1.89. The lowest BCUT2D eigenvalue weighted by atomic mass is 9.90. The van der Waals surface area contributed by atoms with Gasteiger partial charge in [0.2, 0.25) is 5.89 Å². The molecule has 2 heterocycles. The number of rotatable bonds is 5. The van der Waals surface area contributed by atoms with Gasteiger partial charge < -0.3 is 23.4 Å². The van der Waals surface area contributed by atoms with Crippen LogP contribution in [0.1, 0.15) is 45.3 Å². The second-order valence-corrected chi connectivity index (χ2v) is 7.17. The summed E-state index contributed by atoms with van der Waals surface area (Å²) < 4.78 is 28.7. The van der Waals surface area contributed by atoms with Gasteiger partial charge in [0.25, 0.3) is 0 Å². The van der Waals surface area contributed by atoms with Gasteiger partial charge in [-0.3, -0.25) is 0 Å². The minimum absolute atomic E-state index is 0.126. The SMILES string of the molecule is COCOc1cc(-c2ncc(C)o2)ccc1C1OC(C)(C)C(C)(C)O1. The van der Waals surface area contributed by atoms with Gasteiger partial charge in [0.1, 0.15) is 11.5 Å². The number of ether oxygens (including phenoxy) is 4. The van der Waals surface area contributed by atoms with Gasteiger partial charge >= 0.3 is 0 Å².